The highest BCUT2D eigenvalue weighted by atomic mass is 16.6. The molecule has 0 saturated heterocycles. The summed E-state index contributed by atoms with van der Waals surface area (Å²) in [7, 11) is 0. The molecule has 7 heteroatoms. The number of aryl methyl sites for hydroxylation is 1. The molecule has 2 aromatic rings. The van der Waals surface area contributed by atoms with Gasteiger partial charge in [-0.3, -0.25) is 14.9 Å². The maximum atomic E-state index is 12.2. The molecule has 0 fully saturated rings. The molecule has 25 heavy (non-hydrogen) atoms. The van der Waals surface area contributed by atoms with Gasteiger partial charge in [0.25, 0.3) is 5.91 Å². The molecule has 1 amide bonds. The van der Waals surface area contributed by atoms with Crippen LogP contribution < -0.4 is 14.8 Å². The van der Waals surface area contributed by atoms with E-state index in [0.717, 1.165) is 16.9 Å². The minimum Gasteiger partial charge on any atom is -0.493 e. The molecule has 2 aromatic carbocycles. The molecule has 0 spiro atoms. The largest absolute Gasteiger partial charge is 0.493 e. The van der Waals surface area contributed by atoms with Crippen LogP contribution in [0.4, 0.5) is 5.69 Å². The molecule has 7 nitrogen and oxygen atoms in total. The first-order chi connectivity index (χ1) is 12.0. The van der Waals surface area contributed by atoms with Crippen LogP contribution in [0.3, 0.4) is 0 Å². The van der Waals surface area contributed by atoms with Gasteiger partial charge in [0.1, 0.15) is 5.75 Å². The van der Waals surface area contributed by atoms with Gasteiger partial charge in [0.2, 0.25) is 0 Å². The first kappa shape index (κ1) is 16.8. The number of carbonyl (C=O) groups excluding carboxylic acids is 1. The number of carbonyl (C=O) groups is 1. The van der Waals surface area contributed by atoms with Crippen molar-refractivity contribution in [2.24, 2.45) is 0 Å². The van der Waals surface area contributed by atoms with E-state index in [1.165, 1.54) is 12.1 Å². The molecule has 130 valence electrons. The smallest absolute Gasteiger partial charge is 0.311 e. The molecule has 0 aromatic heterocycles. The van der Waals surface area contributed by atoms with E-state index in [-0.39, 0.29) is 30.0 Å². The van der Waals surface area contributed by atoms with Gasteiger partial charge >= 0.3 is 5.69 Å². The van der Waals surface area contributed by atoms with Gasteiger partial charge in [-0.25, -0.2) is 0 Å². The number of para-hydroxylation sites is 1. The molecule has 1 heterocycles. The summed E-state index contributed by atoms with van der Waals surface area (Å²) in [6, 6.07) is 12.0. The SMILES string of the molecule is Cc1ccc(OCC(=O)NC2CCOc3ccccc32)c([N+](=O)[O-])c1. The standard InChI is InChI=1S/C18H18N2O5/c1-12-6-7-17(15(10-12)20(22)23)25-11-18(21)19-14-8-9-24-16-5-3-2-4-13(14)16/h2-7,10,14H,8-9,11H2,1H3,(H,19,21). The van der Waals surface area contributed by atoms with Crippen LogP contribution in [0.1, 0.15) is 23.6 Å². The fourth-order valence-electron chi connectivity index (χ4n) is 2.76. The number of hydrogen-bond donors (Lipinski definition) is 1. The number of ether oxygens (including phenoxy) is 2. The fraction of sp³-hybridized carbons (Fsp3) is 0.278. The number of amides is 1. The lowest BCUT2D eigenvalue weighted by Crippen LogP contribution is -2.35. The third kappa shape index (κ3) is 3.88. The number of nitro benzene ring substituents is 1. The van der Waals surface area contributed by atoms with Crippen LogP contribution in [0.2, 0.25) is 0 Å². The van der Waals surface area contributed by atoms with Gasteiger partial charge in [-0.1, -0.05) is 24.3 Å². The van der Waals surface area contributed by atoms with Crippen LogP contribution in [0.5, 0.6) is 11.5 Å². The molecule has 1 N–H and O–H groups in total. The van der Waals surface area contributed by atoms with E-state index in [9.17, 15) is 14.9 Å². The summed E-state index contributed by atoms with van der Waals surface area (Å²) in [5.74, 6) is 0.504. The number of nitro groups is 1. The number of rotatable bonds is 5. The van der Waals surface area contributed by atoms with Crippen LogP contribution >= 0.6 is 0 Å². The normalized spacial score (nSPS) is 15.6. The Bertz CT molecular complexity index is 806. The van der Waals surface area contributed by atoms with Crippen LogP contribution in [0.25, 0.3) is 0 Å². The predicted octanol–water partition coefficient (Wildman–Crippen LogP) is 2.92. The molecule has 0 bridgehead atoms. The molecule has 3 rings (SSSR count). The van der Waals surface area contributed by atoms with E-state index in [2.05, 4.69) is 5.32 Å². The summed E-state index contributed by atoms with van der Waals surface area (Å²) >= 11 is 0. The summed E-state index contributed by atoms with van der Waals surface area (Å²) in [6.07, 6.45) is 0.660. The van der Waals surface area contributed by atoms with Crippen molar-refractivity contribution in [3.05, 3.63) is 63.7 Å². The highest BCUT2D eigenvalue weighted by Crippen LogP contribution is 2.31. The van der Waals surface area contributed by atoms with Gasteiger partial charge in [0.15, 0.2) is 12.4 Å². The van der Waals surface area contributed by atoms with E-state index in [0.29, 0.717) is 13.0 Å². The Balaban J connectivity index is 1.64. The average Bonchev–Trinajstić information content (AvgIpc) is 2.61. The zero-order valence-electron chi connectivity index (χ0n) is 13.7. The van der Waals surface area contributed by atoms with Crippen molar-refractivity contribution >= 4 is 11.6 Å². The monoisotopic (exact) mass is 342 g/mol. The number of hydrogen-bond acceptors (Lipinski definition) is 5. The topological polar surface area (TPSA) is 90.7 Å². The third-order valence-corrected chi connectivity index (χ3v) is 3.96. The van der Waals surface area contributed by atoms with Crippen LogP contribution in [0, 0.1) is 17.0 Å². The molecule has 1 atom stereocenters. The highest BCUT2D eigenvalue weighted by Gasteiger charge is 2.23. The fourth-order valence-corrected chi connectivity index (χ4v) is 2.76. The maximum absolute atomic E-state index is 12.2. The quantitative estimate of drug-likeness (QED) is 0.666. The zero-order chi connectivity index (χ0) is 17.8. The van der Waals surface area contributed by atoms with Crippen molar-refractivity contribution in [3.8, 4) is 11.5 Å². The Labute approximate surface area is 144 Å². The molecule has 1 aliphatic rings. The van der Waals surface area contributed by atoms with Crippen molar-refractivity contribution in [1.82, 2.24) is 5.32 Å². The second-order valence-corrected chi connectivity index (χ2v) is 5.81. The molecular weight excluding hydrogens is 324 g/mol. The minimum absolute atomic E-state index is 0.0816. The van der Waals surface area contributed by atoms with E-state index >= 15 is 0 Å². The molecule has 0 saturated carbocycles. The minimum atomic E-state index is -0.519. The van der Waals surface area contributed by atoms with Crippen molar-refractivity contribution in [2.45, 2.75) is 19.4 Å². The van der Waals surface area contributed by atoms with Gasteiger partial charge in [0.05, 0.1) is 17.6 Å². The summed E-state index contributed by atoms with van der Waals surface area (Å²) in [5, 5.41) is 14.0. The number of nitrogens with zero attached hydrogens (tertiary/aromatic N) is 1. The molecule has 0 radical (unpaired) electrons. The van der Waals surface area contributed by atoms with Crippen molar-refractivity contribution in [3.63, 3.8) is 0 Å². The molecular formula is C18H18N2O5. The summed E-state index contributed by atoms with van der Waals surface area (Å²) in [4.78, 5) is 22.8. The third-order valence-electron chi connectivity index (χ3n) is 3.96. The Hall–Kier alpha value is -3.09. The second-order valence-electron chi connectivity index (χ2n) is 5.81. The number of benzene rings is 2. The van der Waals surface area contributed by atoms with E-state index in [1.807, 2.05) is 24.3 Å². The second kappa shape index (κ2) is 7.21. The average molecular weight is 342 g/mol. The molecule has 0 aliphatic carbocycles. The highest BCUT2D eigenvalue weighted by molar-refractivity contribution is 5.78. The lowest BCUT2D eigenvalue weighted by molar-refractivity contribution is -0.385. The van der Waals surface area contributed by atoms with Crippen molar-refractivity contribution < 1.29 is 19.2 Å². The first-order valence-electron chi connectivity index (χ1n) is 7.93. The number of fused-ring (bicyclic) bond motifs is 1. The zero-order valence-corrected chi connectivity index (χ0v) is 13.7. The summed E-state index contributed by atoms with van der Waals surface area (Å²) < 4.78 is 10.9. The summed E-state index contributed by atoms with van der Waals surface area (Å²) in [5.41, 5.74) is 1.52. The Morgan fingerprint density at radius 2 is 2.16 bits per heavy atom. The Kier molecular flexibility index (Phi) is 4.83. The Morgan fingerprint density at radius 1 is 1.36 bits per heavy atom. The van der Waals surface area contributed by atoms with Gasteiger partial charge in [-0.15, -0.1) is 0 Å². The van der Waals surface area contributed by atoms with Crippen LogP contribution in [-0.4, -0.2) is 24.0 Å². The number of nitrogens with one attached hydrogen (secondary N) is 1. The lowest BCUT2D eigenvalue weighted by Gasteiger charge is -2.26. The van der Waals surface area contributed by atoms with E-state index in [1.54, 1.807) is 13.0 Å². The molecule has 1 unspecified atom stereocenters. The van der Waals surface area contributed by atoms with Crippen LogP contribution in [0.15, 0.2) is 42.5 Å². The van der Waals surface area contributed by atoms with Gasteiger partial charge in [0, 0.05) is 18.1 Å². The van der Waals surface area contributed by atoms with Gasteiger partial charge in [-0.05, 0) is 24.6 Å². The predicted molar refractivity (Wildman–Crippen MR) is 90.8 cm³/mol. The summed E-state index contributed by atoms with van der Waals surface area (Å²) in [6.45, 7) is 1.99. The van der Waals surface area contributed by atoms with E-state index in [4.69, 9.17) is 9.47 Å². The van der Waals surface area contributed by atoms with Crippen molar-refractivity contribution in [2.75, 3.05) is 13.2 Å². The van der Waals surface area contributed by atoms with Crippen LogP contribution in [-0.2, 0) is 4.79 Å². The lowest BCUT2D eigenvalue weighted by atomic mass is 10.0. The maximum Gasteiger partial charge on any atom is 0.311 e. The molecule has 1 aliphatic heterocycles. The van der Waals surface area contributed by atoms with Crippen molar-refractivity contribution in [1.29, 1.82) is 0 Å². The van der Waals surface area contributed by atoms with E-state index < -0.39 is 4.92 Å². The van der Waals surface area contributed by atoms with Gasteiger partial charge < -0.3 is 14.8 Å². The first-order valence-corrected chi connectivity index (χ1v) is 7.93. The van der Waals surface area contributed by atoms with Gasteiger partial charge in [-0.2, -0.15) is 0 Å². The Morgan fingerprint density at radius 3 is 2.96 bits per heavy atom.